The summed E-state index contributed by atoms with van der Waals surface area (Å²) in [5.41, 5.74) is -0.298. The average Bonchev–Trinajstić information content (AvgIpc) is 2.56. The van der Waals surface area contributed by atoms with Gasteiger partial charge < -0.3 is 0 Å². The maximum absolute atomic E-state index is 13.2. The summed E-state index contributed by atoms with van der Waals surface area (Å²) in [7, 11) is 0. The number of aromatic nitrogens is 2. The lowest BCUT2D eigenvalue weighted by Crippen LogP contribution is -2.36. The summed E-state index contributed by atoms with van der Waals surface area (Å²) in [6.45, 7) is 1.25. The van der Waals surface area contributed by atoms with Gasteiger partial charge in [0.25, 0.3) is 5.56 Å². The summed E-state index contributed by atoms with van der Waals surface area (Å²) in [5, 5.41) is -0.336. The third-order valence-electron chi connectivity index (χ3n) is 3.90. The molecule has 0 bridgehead atoms. The number of para-hydroxylation sites is 1. The van der Waals surface area contributed by atoms with E-state index in [9.17, 15) is 31.5 Å². The number of alkyl halides is 3. The second-order valence-corrected chi connectivity index (χ2v) is 5.99. The first-order valence-electron chi connectivity index (χ1n) is 7.90. The molecule has 5 nitrogen and oxygen atoms in total. The van der Waals surface area contributed by atoms with Gasteiger partial charge in [-0.3, -0.25) is 15.0 Å². The molecule has 1 amide bonds. The first kappa shape index (κ1) is 19.5. The molecule has 1 aromatic heterocycles. The highest BCUT2D eigenvalue weighted by molar-refractivity contribution is 5.87. The molecule has 3 rings (SSSR count). The maximum Gasteiger partial charge on any atom is 0.418 e. The van der Waals surface area contributed by atoms with Gasteiger partial charge in [0.2, 0.25) is 5.91 Å². The Morgan fingerprint density at radius 3 is 2.39 bits per heavy atom. The predicted molar refractivity (Wildman–Crippen MR) is 90.2 cm³/mol. The molecule has 1 N–H and O–H groups in total. The number of aryl methyl sites for hydroxylation is 1. The zero-order valence-electron chi connectivity index (χ0n) is 14.3. The van der Waals surface area contributed by atoms with Crippen LogP contribution >= 0.6 is 0 Å². The molecule has 0 saturated carbocycles. The van der Waals surface area contributed by atoms with Crippen LogP contribution in [-0.2, 0) is 17.4 Å². The molecular weight excluding hydrogens is 385 g/mol. The van der Waals surface area contributed by atoms with Gasteiger partial charge in [-0.05, 0) is 36.8 Å². The molecule has 1 heterocycles. The number of nitrogens with one attached hydrogen (secondary N) is 1. The molecule has 0 fully saturated rings. The number of benzene rings is 2. The molecule has 2 aromatic carbocycles. The minimum atomic E-state index is -4.71. The number of amides is 1. The van der Waals surface area contributed by atoms with Crippen molar-refractivity contribution in [3.63, 3.8) is 0 Å². The van der Waals surface area contributed by atoms with E-state index in [0.717, 1.165) is 30.3 Å². The normalized spacial score (nSPS) is 11.6. The molecule has 0 aliphatic rings. The Balaban J connectivity index is 1.97. The fourth-order valence-electron chi connectivity index (χ4n) is 2.74. The third kappa shape index (κ3) is 3.85. The number of hydrogen-bond acceptors (Lipinski definition) is 3. The van der Waals surface area contributed by atoms with E-state index >= 15 is 0 Å². The Bertz CT molecular complexity index is 1120. The maximum atomic E-state index is 13.2. The molecule has 3 aromatic rings. The van der Waals surface area contributed by atoms with Gasteiger partial charge in [-0.25, -0.2) is 18.4 Å². The van der Waals surface area contributed by atoms with Crippen molar-refractivity contribution in [2.45, 2.75) is 19.5 Å². The monoisotopic (exact) mass is 397 g/mol. The molecule has 0 spiro atoms. The van der Waals surface area contributed by atoms with E-state index in [1.807, 2.05) is 0 Å². The summed E-state index contributed by atoms with van der Waals surface area (Å²) in [6.07, 6.45) is -5.16. The number of halogens is 5. The highest BCUT2D eigenvalue weighted by Crippen LogP contribution is 2.33. The largest absolute Gasteiger partial charge is 0.418 e. The summed E-state index contributed by atoms with van der Waals surface area (Å²) in [6, 6.07) is 5.56. The van der Waals surface area contributed by atoms with Gasteiger partial charge in [-0.2, -0.15) is 13.2 Å². The van der Waals surface area contributed by atoms with Gasteiger partial charge in [0.15, 0.2) is 0 Å². The van der Waals surface area contributed by atoms with Crippen LogP contribution in [0.5, 0.6) is 0 Å². The fourth-order valence-corrected chi connectivity index (χ4v) is 2.74. The molecule has 0 aliphatic heterocycles. The number of hydrogen-bond donors (Lipinski definition) is 1. The molecule has 0 saturated heterocycles. The van der Waals surface area contributed by atoms with Crippen molar-refractivity contribution in [3.05, 3.63) is 75.3 Å². The first-order valence-corrected chi connectivity index (χ1v) is 7.90. The Labute approximate surface area is 154 Å². The lowest BCUT2D eigenvalue weighted by atomic mass is 10.1. The summed E-state index contributed by atoms with van der Waals surface area (Å²) in [4.78, 5) is 28.5. The quantitative estimate of drug-likeness (QED) is 0.690. The van der Waals surface area contributed by atoms with Crippen molar-refractivity contribution in [2.24, 2.45) is 0 Å². The third-order valence-corrected chi connectivity index (χ3v) is 3.90. The zero-order valence-corrected chi connectivity index (χ0v) is 14.3. The van der Waals surface area contributed by atoms with Crippen LogP contribution in [0.3, 0.4) is 0 Å². The first-order chi connectivity index (χ1) is 13.1. The van der Waals surface area contributed by atoms with E-state index in [4.69, 9.17) is 0 Å². The van der Waals surface area contributed by atoms with Crippen LogP contribution in [0.1, 0.15) is 17.0 Å². The number of carbonyl (C=O) groups is 1. The van der Waals surface area contributed by atoms with Crippen molar-refractivity contribution in [2.75, 3.05) is 5.43 Å². The van der Waals surface area contributed by atoms with Crippen LogP contribution < -0.4 is 11.0 Å². The second kappa shape index (κ2) is 7.02. The van der Waals surface area contributed by atoms with E-state index in [0.29, 0.717) is 10.7 Å². The lowest BCUT2D eigenvalue weighted by Gasteiger charge is -2.14. The van der Waals surface area contributed by atoms with Crippen LogP contribution in [0, 0.1) is 18.6 Å². The van der Waals surface area contributed by atoms with Gasteiger partial charge in [-0.1, -0.05) is 6.07 Å². The van der Waals surface area contributed by atoms with E-state index in [1.54, 1.807) is 0 Å². The number of carbonyl (C=O) groups excluding carboxylic acids is 1. The van der Waals surface area contributed by atoms with Crippen molar-refractivity contribution in [3.8, 4) is 0 Å². The molecule has 10 heteroatoms. The van der Waals surface area contributed by atoms with Crippen LogP contribution in [0.4, 0.5) is 22.0 Å². The molecule has 0 radical (unpaired) electrons. The number of nitrogens with zero attached hydrogens (tertiary/aromatic N) is 2. The fraction of sp³-hybridized carbons (Fsp3) is 0.167. The Morgan fingerprint density at radius 2 is 1.79 bits per heavy atom. The smallest absolute Gasteiger partial charge is 0.273 e. The van der Waals surface area contributed by atoms with Crippen molar-refractivity contribution < 1.29 is 26.7 Å². The summed E-state index contributed by atoms with van der Waals surface area (Å²) >= 11 is 0. The Morgan fingerprint density at radius 1 is 1.14 bits per heavy atom. The number of rotatable bonds is 3. The van der Waals surface area contributed by atoms with Crippen LogP contribution in [0.25, 0.3) is 10.9 Å². The van der Waals surface area contributed by atoms with Gasteiger partial charge >= 0.3 is 6.18 Å². The Hall–Kier alpha value is -3.30. The highest BCUT2D eigenvalue weighted by atomic mass is 19.4. The molecule has 0 atom stereocenters. The molecule has 28 heavy (non-hydrogen) atoms. The highest BCUT2D eigenvalue weighted by Gasteiger charge is 2.34. The number of fused-ring (bicyclic) bond motifs is 1. The van der Waals surface area contributed by atoms with Crippen LogP contribution in [0.2, 0.25) is 0 Å². The van der Waals surface area contributed by atoms with Crippen molar-refractivity contribution >= 4 is 16.8 Å². The van der Waals surface area contributed by atoms with Gasteiger partial charge in [-0.15, -0.1) is 0 Å². The zero-order chi connectivity index (χ0) is 20.6. The van der Waals surface area contributed by atoms with Crippen LogP contribution in [0.15, 0.2) is 41.2 Å². The topological polar surface area (TPSA) is 64.0 Å². The van der Waals surface area contributed by atoms with Crippen molar-refractivity contribution in [1.29, 1.82) is 0 Å². The minimum Gasteiger partial charge on any atom is -0.273 e. The van der Waals surface area contributed by atoms with E-state index in [1.165, 1.54) is 6.92 Å². The summed E-state index contributed by atoms with van der Waals surface area (Å²) in [5.74, 6) is -2.73. The standard InChI is InChI=1S/C18H12F5N3O2/c1-9-24-16-13(3-2-4-14(16)18(21,22)23)17(28)26(9)25-15(27)7-10-5-11(19)8-12(20)6-10/h2-6,8H,7H2,1H3,(H,25,27). The average molecular weight is 397 g/mol. The molecular formula is C18H12F5N3O2. The van der Waals surface area contributed by atoms with Gasteiger partial charge in [0.05, 0.1) is 22.9 Å². The van der Waals surface area contributed by atoms with Crippen molar-refractivity contribution in [1.82, 2.24) is 9.66 Å². The minimum absolute atomic E-state index is 0.0220. The predicted octanol–water partition coefficient (Wildman–Crippen LogP) is 3.31. The van der Waals surface area contributed by atoms with E-state index < -0.39 is 46.8 Å². The summed E-state index contributed by atoms with van der Waals surface area (Å²) < 4.78 is 66.5. The van der Waals surface area contributed by atoms with E-state index in [-0.39, 0.29) is 16.8 Å². The van der Waals surface area contributed by atoms with Gasteiger partial charge in [0, 0.05) is 6.07 Å². The lowest BCUT2D eigenvalue weighted by molar-refractivity contribution is -0.136. The second-order valence-electron chi connectivity index (χ2n) is 5.99. The van der Waals surface area contributed by atoms with E-state index in [2.05, 4.69) is 10.4 Å². The molecule has 146 valence electrons. The van der Waals surface area contributed by atoms with Crippen LogP contribution in [-0.4, -0.2) is 15.6 Å². The molecule has 0 unspecified atom stereocenters. The SMILES string of the molecule is Cc1nc2c(C(F)(F)F)cccc2c(=O)n1NC(=O)Cc1cc(F)cc(F)c1. The molecule has 0 aliphatic carbocycles. The Kier molecular flexibility index (Phi) is 4.88. The van der Waals surface area contributed by atoms with Gasteiger partial charge in [0.1, 0.15) is 17.5 Å².